The fraction of sp³-hybridized carbons (Fsp3) is 0.889. The van der Waals surface area contributed by atoms with Crippen molar-refractivity contribution >= 4 is 11.8 Å². The number of ether oxygens (including phenoxy) is 1. The summed E-state index contributed by atoms with van der Waals surface area (Å²) in [7, 11) is 3.50. The highest BCUT2D eigenvalue weighted by atomic mass is 16.5. The Kier molecular flexibility index (Phi) is 7.49. The van der Waals surface area contributed by atoms with Crippen LogP contribution in [0.4, 0.5) is 4.79 Å². The number of hydrogen-bond donors (Lipinski definition) is 1. The number of piperidine rings is 1. The van der Waals surface area contributed by atoms with Crippen LogP contribution in [0.5, 0.6) is 0 Å². The maximum atomic E-state index is 12.4. The minimum Gasteiger partial charge on any atom is -0.385 e. The standard InChI is InChI=1S/C18H33N3O3/c1-4-8-21-13-15(11-14-12-16(22)6-7-17(14)21)19-18(23)20(2)9-5-10-24-3/h14-15,17H,4-13H2,1-3H3,(H,19,23)/t14-,15+,17-/m1/s1. The molecule has 0 bridgehead atoms. The zero-order valence-electron chi connectivity index (χ0n) is 15.4. The van der Waals surface area contributed by atoms with Crippen LogP contribution in [0.3, 0.4) is 0 Å². The van der Waals surface area contributed by atoms with E-state index >= 15 is 0 Å². The van der Waals surface area contributed by atoms with Gasteiger partial charge in [-0.05, 0) is 38.1 Å². The maximum absolute atomic E-state index is 12.4. The molecule has 0 spiro atoms. The third-order valence-electron chi connectivity index (χ3n) is 5.29. The van der Waals surface area contributed by atoms with Gasteiger partial charge < -0.3 is 15.0 Å². The predicted octanol–water partition coefficient (Wildman–Crippen LogP) is 1.89. The maximum Gasteiger partial charge on any atom is 0.317 e. The van der Waals surface area contributed by atoms with Crippen LogP contribution < -0.4 is 5.32 Å². The number of likely N-dealkylation sites (tertiary alicyclic amines) is 1. The SMILES string of the molecule is CCCN1C[C@@H](NC(=O)N(C)CCCOC)C[C@@H]2CC(=O)CC[C@H]21. The van der Waals surface area contributed by atoms with Crippen LogP contribution in [0.1, 0.15) is 45.4 Å². The topological polar surface area (TPSA) is 61.9 Å². The van der Waals surface area contributed by atoms with Crippen LogP contribution in [0.2, 0.25) is 0 Å². The molecule has 1 aliphatic carbocycles. The third kappa shape index (κ3) is 5.18. The van der Waals surface area contributed by atoms with E-state index in [-0.39, 0.29) is 12.1 Å². The zero-order chi connectivity index (χ0) is 17.5. The fourth-order valence-electron chi connectivity index (χ4n) is 4.14. The molecule has 0 aromatic heterocycles. The van der Waals surface area contributed by atoms with Gasteiger partial charge in [0.1, 0.15) is 5.78 Å². The Bertz CT molecular complexity index is 430. The van der Waals surface area contributed by atoms with Crippen LogP contribution in [-0.2, 0) is 9.53 Å². The highest BCUT2D eigenvalue weighted by Gasteiger charge is 2.39. The number of ketones is 1. The van der Waals surface area contributed by atoms with Crippen LogP contribution in [0, 0.1) is 5.92 Å². The number of nitrogens with zero attached hydrogens (tertiary/aromatic N) is 2. The molecule has 3 atom stereocenters. The summed E-state index contributed by atoms with van der Waals surface area (Å²) in [5, 5.41) is 3.18. The lowest BCUT2D eigenvalue weighted by atomic mass is 9.76. The smallest absolute Gasteiger partial charge is 0.317 e. The Labute approximate surface area is 145 Å². The summed E-state index contributed by atoms with van der Waals surface area (Å²) in [5.41, 5.74) is 0. The number of nitrogens with one attached hydrogen (secondary N) is 1. The molecule has 2 aliphatic rings. The summed E-state index contributed by atoms with van der Waals surface area (Å²) < 4.78 is 5.04. The molecule has 0 unspecified atom stereocenters. The van der Waals surface area contributed by atoms with E-state index in [0.29, 0.717) is 37.3 Å². The minimum absolute atomic E-state index is 0.0202. The first-order valence-corrected chi connectivity index (χ1v) is 9.31. The fourth-order valence-corrected chi connectivity index (χ4v) is 4.14. The highest BCUT2D eigenvalue weighted by molar-refractivity contribution is 5.79. The Morgan fingerprint density at radius 1 is 1.46 bits per heavy atom. The van der Waals surface area contributed by atoms with Crippen molar-refractivity contribution in [1.29, 1.82) is 0 Å². The predicted molar refractivity (Wildman–Crippen MR) is 94.1 cm³/mol. The van der Waals surface area contributed by atoms with Crippen molar-refractivity contribution in [3.05, 3.63) is 0 Å². The van der Waals surface area contributed by atoms with Crippen LogP contribution >= 0.6 is 0 Å². The largest absolute Gasteiger partial charge is 0.385 e. The molecule has 1 saturated carbocycles. The van der Waals surface area contributed by atoms with Crippen molar-refractivity contribution in [3.63, 3.8) is 0 Å². The molecule has 1 N–H and O–H groups in total. The molecular weight excluding hydrogens is 306 g/mol. The monoisotopic (exact) mass is 339 g/mol. The number of hydrogen-bond acceptors (Lipinski definition) is 4. The molecule has 1 aliphatic heterocycles. The van der Waals surface area contributed by atoms with Crippen LogP contribution in [-0.4, -0.2) is 74.1 Å². The molecule has 24 heavy (non-hydrogen) atoms. The van der Waals surface area contributed by atoms with E-state index in [2.05, 4.69) is 17.1 Å². The first-order valence-electron chi connectivity index (χ1n) is 9.31. The summed E-state index contributed by atoms with van der Waals surface area (Å²) in [4.78, 5) is 28.4. The van der Waals surface area contributed by atoms with E-state index in [1.807, 2.05) is 7.05 Å². The average molecular weight is 339 g/mol. The number of urea groups is 1. The number of amides is 2. The van der Waals surface area contributed by atoms with Gasteiger partial charge in [-0.15, -0.1) is 0 Å². The number of fused-ring (bicyclic) bond motifs is 1. The van der Waals surface area contributed by atoms with Gasteiger partial charge in [-0.25, -0.2) is 4.79 Å². The Morgan fingerprint density at radius 3 is 2.96 bits per heavy atom. The van der Waals surface area contributed by atoms with Crippen molar-refractivity contribution < 1.29 is 14.3 Å². The van der Waals surface area contributed by atoms with Gasteiger partial charge in [-0.2, -0.15) is 0 Å². The molecule has 2 rings (SSSR count). The number of rotatable bonds is 7. The quantitative estimate of drug-likeness (QED) is 0.720. The first-order chi connectivity index (χ1) is 11.5. The van der Waals surface area contributed by atoms with Gasteiger partial charge in [-0.3, -0.25) is 9.69 Å². The van der Waals surface area contributed by atoms with E-state index in [9.17, 15) is 9.59 Å². The van der Waals surface area contributed by atoms with E-state index in [4.69, 9.17) is 4.74 Å². The lowest BCUT2D eigenvalue weighted by Crippen LogP contribution is -2.58. The van der Waals surface area contributed by atoms with E-state index < -0.39 is 0 Å². The van der Waals surface area contributed by atoms with Gasteiger partial charge in [0, 0.05) is 58.8 Å². The molecule has 0 aromatic rings. The third-order valence-corrected chi connectivity index (χ3v) is 5.29. The van der Waals surface area contributed by atoms with Gasteiger partial charge in [0.25, 0.3) is 0 Å². The van der Waals surface area contributed by atoms with Crippen molar-refractivity contribution in [2.24, 2.45) is 5.92 Å². The van der Waals surface area contributed by atoms with Crippen LogP contribution in [0.25, 0.3) is 0 Å². The van der Waals surface area contributed by atoms with Gasteiger partial charge in [0.2, 0.25) is 0 Å². The number of Topliss-reactive ketones (excluding diaryl/α,β-unsaturated/α-hetero) is 1. The van der Waals surface area contributed by atoms with Crippen molar-refractivity contribution in [2.75, 3.05) is 40.4 Å². The molecule has 6 nitrogen and oxygen atoms in total. The summed E-state index contributed by atoms with van der Waals surface area (Å²) in [5.74, 6) is 0.784. The Balaban J connectivity index is 1.90. The summed E-state index contributed by atoms with van der Waals surface area (Å²) >= 11 is 0. The van der Waals surface area contributed by atoms with Crippen LogP contribution in [0.15, 0.2) is 0 Å². The molecule has 6 heteroatoms. The van der Waals surface area contributed by atoms with Gasteiger partial charge in [0.15, 0.2) is 0 Å². The molecule has 1 saturated heterocycles. The Morgan fingerprint density at radius 2 is 2.25 bits per heavy atom. The molecule has 0 radical (unpaired) electrons. The number of methoxy groups -OCH3 is 1. The average Bonchev–Trinajstić information content (AvgIpc) is 2.54. The lowest BCUT2D eigenvalue weighted by molar-refractivity contribution is -0.124. The first kappa shape index (κ1) is 19.2. The molecular formula is C18H33N3O3. The number of carbonyl (C=O) groups excluding carboxylic acids is 2. The van der Waals surface area contributed by atoms with Crippen molar-refractivity contribution in [2.45, 2.75) is 57.5 Å². The van der Waals surface area contributed by atoms with Gasteiger partial charge in [0.05, 0.1) is 0 Å². The van der Waals surface area contributed by atoms with Crippen molar-refractivity contribution in [3.8, 4) is 0 Å². The second-order valence-electron chi connectivity index (χ2n) is 7.25. The molecule has 1 heterocycles. The van der Waals surface area contributed by atoms with E-state index in [0.717, 1.165) is 45.2 Å². The van der Waals surface area contributed by atoms with Gasteiger partial charge >= 0.3 is 6.03 Å². The Hall–Kier alpha value is -1.14. The lowest BCUT2D eigenvalue weighted by Gasteiger charge is -2.47. The van der Waals surface area contributed by atoms with E-state index in [1.165, 1.54) is 0 Å². The summed E-state index contributed by atoms with van der Waals surface area (Å²) in [6, 6.07) is 0.643. The zero-order valence-corrected chi connectivity index (χ0v) is 15.4. The van der Waals surface area contributed by atoms with Crippen molar-refractivity contribution in [1.82, 2.24) is 15.1 Å². The summed E-state index contributed by atoms with van der Waals surface area (Å²) in [6.07, 6.45) is 5.26. The molecule has 0 aromatic carbocycles. The number of carbonyl (C=O) groups is 2. The molecule has 2 amide bonds. The molecule has 138 valence electrons. The normalized spacial score (nSPS) is 27.6. The summed E-state index contributed by atoms with van der Waals surface area (Å²) in [6.45, 7) is 5.49. The second-order valence-corrected chi connectivity index (χ2v) is 7.25. The van der Waals surface area contributed by atoms with E-state index in [1.54, 1.807) is 12.0 Å². The minimum atomic E-state index is -0.0202. The highest BCUT2D eigenvalue weighted by Crippen LogP contribution is 2.34. The van der Waals surface area contributed by atoms with Gasteiger partial charge in [-0.1, -0.05) is 6.92 Å². The second kappa shape index (κ2) is 9.37. The molecule has 2 fully saturated rings.